The lowest BCUT2D eigenvalue weighted by molar-refractivity contribution is 0.299. The average molecular weight is 339 g/mol. The number of para-hydroxylation sites is 2. The molecule has 1 saturated carbocycles. The van der Waals surface area contributed by atoms with Gasteiger partial charge in [0.05, 0.1) is 11.0 Å². The number of likely N-dealkylation sites (tertiary alicyclic amines) is 1. The summed E-state index contributed by atoms with van der Waals surface area (Å²) in [6, 6.07) is 8.29. The minimum atomic E-state index is 0.624. The van der Waals surface area contributed by atoms with Crippen molar-refractivity contribution >= 4 is 17.0 Å². The highest BCUT2D eigenvalue weighted by atomic mass is 15.3. The van der Waals surface area contributed by atoms with Crippen LogP contribution < -0.4 is 5.32 Å². The van der Waals surface area contributed by atoms with Crippen molar-refractivity contribution in [3.05, 3.63) is 30.1 Å². The van der Waals surface area contributed by atoms with E-state index in [2.05, 4.69) is 47.0 Å². The van der Waals surface area contributed by atoms with Crippen molar-refractivity contribution in [3.63, 3.8) is 0 Å². The number of nitrogens with one attached hydrogen (secondary N) is 1. The number of rotatable bonds is 3. The Labute approximate surface area is 150 Å². The van der Waals surface area contributed by atoms with Crippen molar-refractivity contribution < 1.29 is 0 Å². The molecule has 2 aromatic rings. The van der Waals surface area contributed by atoms with Crippen LogP contribution in [0.15, 0.2) is 29.3 Å². The molecule has 2 fully saturated rings. The van der Waals surface area contributed by atoms with Crippen molar-refractivity contribution in [1.29, 1.82) is 0 Å². The summed E-state index contributed by atoms with van der Waals surface area (Å²) >= 11 is 0. The molecule has 0 amide bonds. The van der Waals surface area contributed by atoms with Crippen LogP contribution in [0, 0.1) is 11.8 Å². The normalized spacial score (nSPS) is 23.9. The molecular formula is C20H29N5. The van der Waals surface area contributed by atoms with E-state index in [9.17, 15) is 0 Å². The Morgan fingerprint density at radius 3 is 2.60 bits per heavy atom. The minimum absolute atomic E-state index is 0.624. The van der Waals surface area contributed by atoms with Gasteiger partial charge in [0.1, 0.15) is 12.4 Å². The Balaban J connectivity index is 1.53. The quantitative estimate of drug-likeness (QED) is 0.690. The van der Waals surface area contributed by atoms with Crippen LogP contribution in [0.1, 0.15) is 38.4 Å². The van der Waals surface area contributed by atoms with Crippen LogP contribution in [-0.2, 0) is 13.6 Å². The number of nitrogens with zero attached hydrogens (tertiary/aromatic N) is 4. The topological polar surface area (TPSA) is 45.5 Å². The lowest BCUT2D eigenvalue weighted by atomic mass is 9.82. The Hall–Kier alpha value is -2.04. The number of aliphatic imine (C=N–C) groups is 1. The molecule has 1 aromatic heterocycles. The Morgan fingerprint density at radius 2 is 1.92 bits per heavy atom. The van der Waals surface area contributed by atoms with Crippen molar-refractivity contribution in [3.8, 4) is 0 Å². The summed E-state index contributed by atoms with van der Waals surface area (Å²) in [5.41, 5.74) is 2.22. The van der Waals surface area contributed by atoms with Gasteiger partial charge in [0.15, 0.2) is 5.96 Å². The SMILES string of the molecule is CCNC(=NCc1nc2ccccc2n1C)N1CC2CCCCC2C1. The second kappa shape index (κ2) is 7.06. The highest BCUT2D eigenvalue weighted by Crippen LogP contribution is 2.36. The molecule has 1 aliphatic carbocycles. The maximum Gasteiger partial charge on any atom is 0.194 e. The summed E-state index contributed by atoms with van der Waals surface area (Å²) in [4.78, 5) is 12.2. The summed E-state index contributed by atoms with van der Waals surface area (Å²) in [6.45, 7) is 6.01. The van der Waals surface area contributed by atoms with Gasteiger partial charge in [0.25, 0.3) is 0 Å². The number of fused-ring (bicyclic) bond motifs is 2. The Kier molecular flexibility index (Phi) is 4.64. The van der Waals surface area contributed by atoms with E-state index in [0.717, 1.165) is 35.7 Å². The third kappa shape index (κ3) is 3.24. The molecule has 1 aliphatic heterocycles. The fourth-order valence-electron chi connectivity index (χ4n) is 4.49. The maximum absolute atomic E-state index is 4.93. The van der Waals surface area contributed by atoms with Gasteiger partial charge < -0.3 is 14.8 Å². The molecule has 2 atom stereocenters. The third-order valence-corrected chi connectivity index (χ3v) is 5.86. The van der Waals surface area contributed by atoms with Gasteiger partial charge in [-0.3, -0.25) is 0 Å². The van der Waals surface area contributed by atoms with E-state index in [1.54, 1.807) is 0 Å². The largest absolute Gasteiger partial charge is 0.357 e. The Bertz CT molecular complexity index is 749. The zero-order chi connectivity index (χ0) is 17.2. The Morgan fingerprint density at radius 1 is 1.20 bits per heavy atom. The number of hydrogen-bond donors (Lipinski definition) is 1. The van der Waals surface area contributed by atoms with E-state index in [4.69, 9.17) is 9.98 Å². The smallest absolute Gasteiger partial charge is 0.194 e. The number of imidazole rings is 1. The number of hydrogen-bond acceptors (Lipinski definition) is 2. The van der Waals surface area contributed by atoms with E-state index in [-0.39, 0.29) is 0 Å². The summed E-state index contributed by atoms with van der Waals surface area (Å²) in [7, 11) is 2.08. The van der Waals surface area contributed by atoms with Crippen LogP contribution in [0.4, 0.5) is 0 Å². The standard InChI is InChI=1S/C20H29N5/c1-3-21-20(25-13-15-8-4-5-9-16(15)14-25)22-12-19-23-17-10-6-7-11-18(17)24(19)2/h6-7,10-11,15-16H,3-5,8-9,12-14H2,1-2H3,(H,21,22). The molecule has 0 bridgehead atoms. The fourth-order valence-corrected chi connectivity index (χ4v) is 4.49. The molecule has 5 heteroatoms. The second-order valence-corrected chi connectivity index (χ2v) is 7.46. The fraction of sp³-hybridized carbons (Fsp3) is 0.600. The number of guanidine groups is 1. The van der Waals surface area contributed by atoms with Crippen LogP contribution in [0.5, 0.6) is 0 Å². The molecule has 0 radical (unpaired) electrons. The van der Waals surface area contributed by atoms with E-state index >= 15 is 0 Å². The lowest BCUT2D eigenvalue weighted by Gasteiger charge is -2.22. The molecule has 134 valence electrons. The summed E-state index contributed by atoms with van der Waals surface area (Å²) in [6.07, 6.45) is 5.60. The number of aryl methyl sites for hydroxylation is 1. The molecule has 4 rings (SSSR count). The molecule has 1 N–H and O–H groups in total. The van der Waals surface area contributed by atoms with E-state index in [1.807, 2.05) is 6.07 Å². The van der Waals surface area contributed by atoms with Crippen LogP contribution in [0.2, 0.25) is 0 Å². The molecule has 1 aromatic carbocycles. The molecule has 5 nitrogen and oxygen atoms in total. The van der Waals surface area contributed by atoms with Gasteiger partial charge in [-0.2, -0.15) is 0 Å². The summed E-state index contributed by atoms with van der Waals surface area (Å²) < 4.78 is 2.16. The highest BCUT2D eigenvalue weighted by molar-refractivity contribution is 5.80. The lowest BCUT2D eigenvalue weighted by Crippen LogP contribution is -2.40. The summed E-state index contributed by atoms with van der Waals surface area (Å²) in [5, 5.41) is 3.50. The maximum atomic E-state index is 4.93. The molecule has 25 heavy (non-hydrogen) atoms. The van der Waals surface area contributed by atoms with Crippen LogP contribution in [0.3, 0.4) is 0 Å². The van der Waals surface area contributed by atoms with Crippen molar-refractivity contribution in [2.45, 2.75) is 39.2 Å². The van der Waals surface area contributed by atoms with Crippen molar-refractivity contribution in [1.82, 2.24) is 19.8 Å². The second-order valence-electron chi connectivity index (χ2n) is 7.46. The van der Waals surface area contributed by atoms with Crippen LogP contribution in [0.25, 0.3) is 11.0 Å². The predicted molar refractivity (Wildman–Crippen MR) is 103 cm³/mol. The van der Waals surface area contributed by atoms with Crippen molar-refractivity contribution in [2.24, 2.45) is 23.9 Å². The third-order valence-electron chi connectivity index (χ3n) is 5.86. The predicted octanol–water partition coefficient (Wildman–Crippen LogP) is 3.16. The van der Waals surface area contributed by atoms with Gasteiger partial charge in [0.2, 0.25) is 0 Å². The average Bonchev–Trinajstić information content (AvgIpc) is 3.20. The van der Waals surface area contributed by atoms with Gasteiger partial charge in [-0.15, -0.1) is 0 Å². The first-order chi connectivity index (χ1) is 12.3. The first kappa shape index (κ1) is 16.4. The van der Waals surface area contributed by atoms with Gasteiger partial charge >= 0.3 is 0 Å². The molecular weight excluding hydrogens is 310 g/mol. The highest BCUT2D eigenvalue weighted by Gasteiger charge is 2.35. The molecule has 0 spiro atoms. The van der Waals surface area contributed by atoms with Crippen LogP contribution in [-0.4, -0.2) is 40.0 Å². The van der Waals surface area contributed by atoms with Crippen LogP contribution >= 0.6 is 0 Å². The van der Waals surface area contributed by atoms with E-state index in [0.29, 0.717) is 6.54 Å². The van der Waals surface area contributed by atoms with Gasteiger partial charge in [-0.25, -0.2) is 9.98 Å². The van der Waals surface area contributed by atoms with E-state index < -0.39 is 0 Å². The zero-order valence-corrected chi connectivity index (χ0v) is 15.4. The van der Waals surface area contributed by atoms with Gasteiger partial charge in [-0.05, 0) is 43.7 Å². The number of benzene rings is 1. The van der Waals surface area contributed by atoms with Gasteiger partial charge in [-0.1, -0.05) is 25.0 Å². The zero-order valence-electron chi connectivity index (χ0n) is 15.4. The molecule has 2 heterocycles. The minimum Gasteiger partial charge on any atom is -0.357 e. The molecule has 2 aliphatic rings. The monoisotopic (exact) mass is 339 g/mol. The summed E-state index contributed by atoms with van der Waals surface area (Å²) in [5.74, 6) is 3.82. The van der Waals surface area contributed by atoms with Gasteiger partial charge in [0, 0.05) is 26.7 Å². The van der Waals surface area contributed by atoms with Crippen molar-refractivity contribution in [2.75, 3.05) is 19.6 Å². The molecule has 1 saturated heterocycles. The number of aromatic nitrogens is 2. The first-order valence-electron chi connectivity index (χ1n) is 9.70. The first-order valence-corrected chi connectivity index (χ1v) is 9.70. The van der Waals surface area contributed by atoms with E-state index in [1.165, 1.54) is 44.3 Å². The molecule has 2 unspecified atom stereocenters.